The van der Waals surface area contributed by atoms with Crippen LogP contribution < -0.4 is 14.4 Å². The molecule has 4 heterocycles. The van der Waals surface area contributed by atoms with E-state index in [1.54, 1.807) is 31.2 Å². The van der Waals surface area contributed by atoms with Crippen LogP contribution in [0.25, 0.3) is 11.4 Å². The van der Waals surface area contributed by atoms with Crippen LogP contribution in [-0.2, 0) is 10.0 Å². The molecular weight excluding hydrogens is 526 g/mol. The van der Waals surface area contributed by atoms with Gasteiger partial charge in [-0.15, -0.1) is 0 Å². The molecule has 0 bridgehead atoms. The second-order valence-corrected chi connectivity index (χ2v) is 14.1. The van der Waals surface area contributed by atoms with E-state index in [0.717, 1.165) is 12.0 Å². The van der Waals surface area contributed by atoms with Crippen LogP contribution in [0.1, 0.15) is 69.6 Å². The number of hydrogen-bond donors (Lipinski definition) is 1. The molecule has 3 aromatic heterocycles. The van der Waals surface area contributed by atoms with Gasteiger partial charge in [-0.05, 0) is 75.3 Å². The second-order valence-electron chi connectivity index (χ2n) is 12.5. The van der Waals surface area contributed by atoms with Gasteiger partial charge in [0, 0.05) is 23.8 Å². The maximum absolute atomic E-state index is 13.5. The monoisotopic (exact) mass is 565 g/mol. The van der Waals surface area contributed by atoms with Gasteiger partial charge in [-0.25, -0.2) is 19.7 Å². The van der Waals surface area contributed by atoms with Crippen molar-refractivity contribution in [2.45, 2.75) is 72.4 Å². The molecule has 1 fully saturated rings. The number of amides is 1. The fraction of sp³-hybridized carbons (Fsp3) is 0.467. The highest BCUT2D eigenvalue weighted by molar-refractivity contribution is 7.90. The molecule has 0 aliphatic carbocycles. The Morgan fingerprint density at radius 3 is 2.42 bits per heavy atom. The quantitative estimate of drug-likeness (QED) is 0.409. The largest absolute Gasteiger partial charge is 0.477 e. The third kappa shape index (κ3) is 6.60. The van der Waals surface area contributed by atoms with Crippen molar-refractivity contribution in [2.75, 3.05) is 18.1 Å². The van der Waals surface area contributed by atoms with E-state index in [4.69, 9.17) is 14.7 Å². The first-order valence-electron chi connectivity index (χ1n) is 13.5. The van der Waals surface area contributed by atoms with Gasteiger partial charge in [-0.3, -0.25) is 4.79 Å². The summed E-state index contributed by atoms with van der Waals surface area (Å²) in [4.78, 5) is 29.4. The molecule has 1 N–H and O–H groups in total. The Balaban J connectivity index is 1.77. The Hall–Kier alpha value is -3.53. The van der Waals surface area contributed by atoms with Gasteiger partial charge >= 0.3 is 0 Å². The van der Waals surface area contributed by atoms with Crippen molar-refractivity contribution in [1.29, 1.82) is 0 Å². The summed E-state index contributed by atoms with van der Waals surface area (Å²) in [5, 5.41) is -0.214. The zero-order valence-corrected chi connectivity index (χ0v) is 25.4. The number of carbonyl (C=O) groups excluding carboxylic acids is 1. The summed E-state index contributed by atoms with van der Waals surface area (Å²) in [6, 6.07) is 11.7. The smallest absolute Gasteiger partial charge is 0.281 e. The molecule has 0 saturated carbocycles. The SMILES string of the molecule is Cc1cccc(S(=O)(=O)NC(=O)c2ccc(-c3nc(OCC(C)(C)C)ccc3C)nc2N2CC(C)CC2(C)C)n1. The molecule has 0 spiro atoms. The van der Waals surface area contributed by atoms with Crippen LogP contribution >= 0.6 is 0 Å². The molecule has 1 aliphatic heterocycles. The molecule has 4 rings (SSSR count). The van der Waals surface area contributed by atoms with Gasteiger partial charge in [0.1, 0.15) is 5.82 Å². The normalized spacial score (nSPS) is 17.1. The molecule has 10 heteroatoms. The van der Waals surface area contributed by atoms with E-state index in [-0.39, 0.29) is 21.5 Å². The Bertz CT molecular complexity index is 1530. The lowest BCUT2D eigenvalue weighted by molar-refractivity contribution is 0.0981. The number of anilines is 1. The van der Waals surface area contributed by atoms with Crippen LogP contribution in [0, 0.1) is 25.2 Å². The van der Waals surface area contributed by atoms with Crippen LogP contribution in [0.15, 0.2) is 47.5 Å². The summed E-state index contributed by atoms with van der Waals surface area (Å²) >= 11 is 0. The topological polar surface area (TPSA) is 114 Å². The minimum Gasteiger partial charge on any atom is -0.477 e. The first kappa shape index (κ1) is 29.5. The number of rotatable bonds is 7. The standard InChI is InChI=1S/C30H39N5O4S/c1-19-16-30(7,8)35(17-19)27-22(28(36)34-40(37,38)25-11-9-10-21(3)31-25)13-14-23(32-27)26-20(2)12-15-24(33-26)39-18-29(4,5)6/h9-15,19H,16-18H2,1-8H3,(H,34,36). The summed E-state index contributed by atoms with van der Waals surface area (Å²) < 4.78 is 34.2. The average Bonchev–Trinajstić information content (AvgIpc) is 3.14. The van der Waals surface area contributed by atoms with E-state index >= 15 is 0 Å². The number of nitrogens with one attached hydrogen (secondary N) is 1. The van der Waals surface area contributed by atoms with Crippen molar-refractivity contribution in [3.63, 3.8) is 0 Å². The number of sulfonamides is 1. The number of hydrogen-bond acceptors (Lipinski definition) is 8. The number of pyridine rings is 3. The van der Waals surface area contributed by atoms with Crippen molar-refractivity contribution in [3.8, 4) is 17.3 Å². The van der Waals surface area contributed by atoms with Crippen molar-refractivity contribution >= 4 is 21.7 Å². The van der Waals surface area contributed by atoms with Gasteiger partial charge in [-0.1, -0.05) is 39.8 Å². The molecule has 1 aliphatic rings. The lowest BCUT2D eigenvalue weighted by atomic mass is 9.97. The lowest BCUT2D eigenvalue weighted by Gasteiger charge is -2.34. The van der Waals surface area contributed by atoms with E-state index in [9.17, 15) is 13.2 Å². The van der Waals surface area contributed by atoms with Crippen molar-refractivity contribution in [2.24, 2.45) is 11.3 Å². The zero-order valence-electron chi connectivity index (χ0n) is 24.6. The number of aryl methyl sites for hydroxylation is 2. The van der Waals surface area contributed by atoms with Crippen molar-refractivity contribution in [3.05, 3.63) is 59.3 Å². The van der Waals surface area contributed by atoms with E-state index < -0.39 is 15.9 Å². The highest BCUT2D eigenvalue weighted by Crippen LogP contribution is 2.38. The van der Waals surface area contributed by atoms with Gasteiger partial charge in [0.2, 0.25) is 5.88 Å². The third-order valence-electron chi connectivity index (χ3n) is 6.78. The van der Waals surface area contributed by atoms with Gasteiger partial charge in [0.15, 0.2) is 5.03 Å². The van der Waals surface area contributed by atoms with E-state index in [0.29, 0.717) is 47.8 Å². The minimum atomic E-state index is -4.19. The minimum absolute atomic E-state index is 0.0283. The van der Waals surface area contributed by atoms with E-state index in [1.165, 1.54) is 6.07 Å². The van der Waals surface area contributed by atoms with Crippen LogP contribution in [0.4, 0.5) is 5.82 Å². The first-order chi connectivity index (χ1) is 18.6. The highest BCUT2D eigenvalue weighted by atomic mass is 32.2. The van der Waals surface area contributed by atoms with E-state index in [2.05, 4.69) is 56.1 Å². The Morgan fingerprint density at radius 2 is 1.80 bits per heavy atom. The van der Waals surface area contributed by atoms with Crippen LogP contribution in [0.3, 0.4) is 0 Å². The number of nitrogens with zero attached hydrogens (tertiary/aromatic N) is 4. The number of aromatic nitrogens is 3. The van der Waals surface area contributed by atoms with Gasteiger partial charge in [0.25, 0.3) is 15.9 Å². The zero-order chi connectivity index (χ0) is 29.5. The molecule has 1 unspecified atom stereocenters. The van der Waals surface area contributed by atoms with E-state index in [1.807, 2.05) is 19.1 Å². The molecule has 3 aromatic rings. The average molecular weight is 566 g/mol. The molecular formula is C30H39N5O4S. The molecule has 0 radical (unpaired) electrons. The van der Waals surface area contributed by atoms with Gasteiger partial charge in [0.05, 0.1) is 23.6 Å². The Labute approximate surface area is 237 Å². The molecule has 9 nitrogen and oxygen atoms in total. The predicted octanol–water partition coefficient (Wildman–Crippen LogP) is 5.32. The van der Waals surface area contributed by atoms with Crippen molar-refractivity contribution < 1.29 is 17.9 Å². The molecule has 214 valence electrons. The molecule has 0 aromatic carbocycles. The maximum Gasteiger partial charge on any atom is 0.281 e. The molecule has 40 heavy (non-hydrogen) atoms. The predicted molar refractivity (Wildman–Crippen MR) is 156 cm³/mol. The second kappa shape index (κ2) is 10.8. The van der Waals surface area contributed by atoms with Crippen molar-refractivity contribution in [1.82, 2.24) is 19.7 Å². The van der Waals surface area contributed by atoms with Crippen LogP contribution in [-0.4, -0.2) is 48.0 Å². The van der Waals surface area contributed by atoms with Gasteiger partial charge < -0.3 is 9.64 Å². The summed E-state index contributed by atoms with van der Waals surface area (Å²) in [5.41, 5.74) is 2.49. The highest BCUT2D eigenvalue weighted by Gasteiger charge is 2.39. The van der Waals surface area contributed by atoms with Gasteiger partial charge in [-0.2, -0.15) is 8.42 Å². The molecule has 1 atom stereocenters. The first-order valence-corrected chi connectivity index (χ1v) is 14.9. The summed E-state index contributed by atoms with van der Waals surface area (Å²) in [6.45, 7) is 17.4. The molecule has 1 saturated heterocycles. The fourth-order valence-corrected chi connectivity index (χ4v) is 5.94. The third-order valence-corrected chi connectivity index (χ3v) is 8.01. The van der Waals surface area contributed by atoms with Crippen LogP contribution in [0.2, 0.25) is 0 Å². The summed E-state index contributed by atoms with van der Waals surface area (Å²) in [6.07, 6.45) is 0.902. The summed E-state index contributed by atoms with van der Waals surface area (Å²) in [7, 11) is -4.19. The molecule has 1 amide bonds. The number of carbonyl (C=O) groups is 1. The Morgan fingerprint density at radius 1 is 1.07 bits per heavy atom. The van der Waals surface area contributed by atoms with Crippen LogP contribution in [0.5, 0.6) is 5.88 Å². The number of ether oxygens (including phenoxy) is 1. The summed E-state index contributed by atoms with van der Waals surface area (Å²) in [5.74, 6) is 0.511. The lowest BCUT2D eigenvalue weighted by Crippen LogP contribution is -2.41. The fourth-order valence-electron chi connectivity index (χ4n) is 4.96. The Kier molecular flexibility index (Phi) is 7.95. The maximum atomic E-state index is 13.5.